The van der Waals surface area contributed by atoms with Gasteiger partial charge in [0.15, 0.2) is 0 Å². The molecule has 1 aromatic carbocycles. The van der Waals surface area contributed by atoms with Crippen LogP contribution >= 0.6 is 0 Å². The maximum atomic E-state index is 13.7. The molecule has 2 rings (SSSR count). The van der Waals surface area contributed by atoms with E-state index in [9.17, 15) is 14.0 Å². The highest BCUT2D eigenvalue weighted by atomic mass is 19.1. The highest BCUT2D eigenvalue weighted by Crippen LogP contribution is 2.22. The van der Waals surface area contributed by atoms with E-state index in [1.54, 1.807) is 26.0 Å². The number of urea groups is 1. The molecule has 1 saturated heterocycles. The number of carbonyl (C=O) groups is 2. The number of aryl methyl sites for hydroxylation is 1. The highest BCUT2D eigenvalue weighted by molar-refractivity contribution is 6.00. The van der Waals surface area contributed by atoms with Crippen molar-refractivity contribution in [3.63, 3.8) is 0 Å². The molecule has 1 aliphatic rings. The Bertz CT molecular complexity index is 589. The van der Waals surface area contributed by atoms with E-state index in [1.165, 1.54) is 15.9 Å². The monoisotopic (exact) mass is 307 g/mol. The third-order valence-corrected chi connectivity index (χ3v) is 3.80. The van der Waals surface area contributed by atoms with Crippen molar-refractivity contribution < 1.29 is 14.0 Å². The van der Waals surface area contributed by atoms with E-state index < -0.39 is 6.04 Å². The Balaban J connectivity index is 2.15. The maximum absolute atomic E-state index is 13.7. The number of halogens is 1. The van der Waals surface area contributed by atoms with Gasteiger partial charge in [0, 0.05) is 24.8 Å². The Morgan fingerprint density at radius 2 is 2.05 bits per heavy atom. The van der Waals surface area contributed by atoms with Gasteiger partial charge in [-0.25, -0.2) is 9.18 Å². The maximum Gasteiger partial charge on any atom is 0.318 e. The van der Waals surface area contributed by atoms with Crippen LogP contribution in [0.5, 0.6) is 0 Å². The van der Waals surface area contributed by atoms with Gasteiger partial charge in [0.25, 0.3) is 0 Å². The molecule has 0 radical (unpaired) electrons. The molecule has 1 aromatic rings. The zero-order valence-electron chi connectivity index (χ0n) is 13.4. The van der Waals surface area contributed by atoms with Gasteiger partial charge in [-0.2, -0.15) is 0 Å². The minimum absolute atomic E-state index is 0.0130. The van der Waals surface area contributed by atoms with E-state index in [-0.39, 0.29) is 23.8 Å². The van der Waals surface area contributed by atoms with Crippen molar-refractivity contribution in [1.29, 1.82) is 0 Å². The second kappa shape index (κ2) is 6.34. The quantitative estimate of drug-likeness (QED) is 0.911. The Morgan fingerprint density at radius 1 is 1.36 bits per heavy atom. The van der Waals surface area contributed by atoms with E-state index >= 15 is 0 Å². The van der Waals surface area contributed by atoms with E-state index in [0.717, 1.165) is 0 Å². The number of anilines is 1. The molecule has 0 bridgehead atoms. The second-order valence-electron chi connectivity index (χ2n) is 5.90. The molecule has 1 heterocycles. The third kappa shape index (κ3) is 3.21. The van der Waals surface area contributed by atoms with Crippen LogP contribution in [0.1, 0.15) is 26.3 Å². The number of nitrogens with zero attached hydrogens (tertiary/aromatic N) is 2. The van der Waals surface area contributed by atoms with Gasteiger partial charge in [0.05, 0.1) is 0 Å². The molecule has 1 unspecified atom stereocenters. The largest absolute Gasteiger partial charge is 0.336 e. The summed E-state index contributed by atoms with van der Waals surface area (Å²) in [5.41, 5.74) is 1.07. The van der Waals surface area contributed by atoms with Crippen molar-refractivity contribution in [3.8, 4) is 0 Å². The van der Waals surface area contributed by atoms with Gasteiger partial charge in [-0.05, 0) is 45.4 Å². The zero-order valence-corrected chi connectivity index (χ0v) is 13.4. The van der Waals surface area contributed by atoms with Crippen LogP contribution in [0.25, 0.3) is 0 Å². The number of piperazine rings is 1. The molecule has 1 N–H and O–H groups in total. The van der Waals surface area contributed by atoms with Crippen LogP contribution in [0, 0.1) is 12.7 Å². The van der Waals surface area contributed by atoms with Crippen LogP contribution < -0.4 is 10.2 Å². The molecule has 3 amide bonds. The predicted octanol–water partition coefficient (Wildman–Crippen LogP) is 2.29. The van der Waals surface area contributed by atoms with Crippen LogP contribution in [0.4, 0.5) is 14.9 Å². The molecule has 120 valence electrons. The molecule has 6 heteroatoms. The molecule has 0 aliphatic carbocycles. The van der Waals surface area contributed by atoms with Gasteiger partial charge >= 0.3 is 6.03 Å². The van der Waals surface area contributed by atoms with Gasteiger partial charge in [-0.1, -0.05) is 6.07 Å². The fraction of sp³-hybridized carbons (Fsp3) is 0.500. The first-order valence-electron chi connectivity index (χ1n) is 7.46. The zero-order chi connectivity index (χ0) is 16.4. The topological polar surface area (TPSA) is 52.6 Å². The fourth-order valence-electron chi connectivity index (χ4n) is 2.48. The summed E-state index contributed by atoms with van der Waals surface area (Å²) in [5, 5.41) is 2.79. The lowest BCUT2D eigenvalue weighted by molar-refractivity contribution is -0.124. The van der Waals surface area contributed by atoms with Gasteiger partial charge in [0.1, 0.15) is 11.9 Å². The van der Waals surface area contributed by atoms with E-state index in [1.807, 2.05) is 13.8 Å². The summed E-state index contributed by atoms with van der Waals surface area (Å²) in [7, 11) is 0. The van der Waals surface area contributed by atoms with Crippen molar-refractivity contribution in [3.05, 3.63) is 29.6 Å². The van der Waals surface area contributed by atoms with Crippen molar-refractivity contribution >= 4 is 17.6 Å². The molecular weight excluding hydrogens is 285 g/mol. The SMILES string of the molecule is Cc1ccc(N2CCN(C(=O)NC(C)C)C(C)C2=O)cc1F. The van der Waals surface area contributed by atoms with Crippen LogP contribution in [0.2, 0.25) is 0 Å². The van der Waals surface area contributed by atoms with E-state index in [0.29, 0.717) is 24.3 Å². The lowest BCUT2D eigenvalue weighted by Gasteiger charge is -2.39. The summed E-state index contributed by atoms with van der Waals surface area (Å²) in [6.45, 7) is 7.89. The average Bonchev–Trinajstić information content (AvgIpc) is 2.44. The molecule has 0 aromatic heterocycles. The molecular formula is C16H22FN3O2. The highest BCUT2D eigenvalue weighted by Gasteiger charge is 2.35. The Kier molecular flexibility index (Phi) is 4.68. The summed E-state index contributed by atoms with van der Waals surface area (Å²) in [4.78, 5) is 27.6. The van der Waals surface area contributed by atoms with Crippen LogP contribution in [-0.4, -0.2) is 42.0 Å². The fourth-order valence-corrected chi connectivity index (χ4v) is 2.48. The normalized spacial score (nSPS) is 18.8. The molecule has 0 spiro atoms. The Hall–Kier alpha value is -2.11. The molecule has 1 aliphatic heterocycles. The number of hydrogen-bond donors (Lipinski definition) is 1. The standard InChI is InChI=1S/C16H22FN3O2/c1-10(2)18-16(22)19-7-8-20(15(21)12(19)4)13-6-5-11(3)14(17)9-13/h5-6,9-10,12H,7-8H2,1-4H3,(H,18,22). The van der Waals surface area contributed by atoms with Crippen molar-refractivity contribution in [2.24, 2.45) is 0 Å². The summed E-state index contributed by atoms with van der Waals surface area (Å²) >= 11 is 0. The first-order chi connectivity index (χ1) is 10.3. The smallest absolute Gasteiger partial charge is 0.318 e. The van der Waals surface area contributed by atoms with Gasteiger partial charge in [-0.15, -0.1) is 0 Å². The molecule has 1 fully saturated rings. The van der Waals surface area contributed by atoms with Crippen molar-refractivity contribution in [2.75, 3.05) is 18.0 Å². The predicted molar refractivity (Wildman–Crippen MR) is 83.3 cm³/mol. The summed E-state index contributed by atoms with van der Waals surface area (Å²) in [5.74, 6) is -0.536. The lowest BCUT2D eigenvalue weighted by Crippen LogP contribution is -2.60. The first-order valence-corrected chi connectivity index (χ1v) is 7.46. The van der Waals surface area contributed by atoms with Crippen LogP contribution in [0.3, 0.4) is 0 Å². The van der Waals surface area contributed by atoms with Gasteiger partial charge in [0.2, 0.25) is 5.91 Å². The minimum atomic E-state index is -0.572. The number of hydrogen-bond acceptors (Lipinski definition) is 2. The lowest BCUT2D eigenvalue weighted by atomic mass is 10.1. The van der Waals surface area contributed by atoms with Crippen molar-refractivity contribution in [2.45, 2.75) is 39.8 Å². The molecule has 22 heavy (non-hydrogen) atoms. The van der Waals surface area contributed by atoms with Crippen LogP contribution in [0.15, 0.2) is 18.2 Å². The Labute approximate surface area is 130 Å². The van der Waals surface area contributed by atoms with E-state index in [4.69, 9.17) is 0 Å². The van der Waals surface area contributed by atoms with Crippen LogP contribution in [-0.2, 0) is 4.79 Å². The average molecular weight is 307 g/mol. The summed E-state index contributed by atoms with van der Waals surface area (Å²) < 4.78 is 13.7. The Morgan fingerprint density at radius 3 is 2.64 bits per heavy atom. The number of rotatable bonds is 2. The molecule has 5 nitrogen and oxygen atoms in total. The van der Waals surface area contributed by atoms with Gasteiger partial charge in [-0.3, -0.25) is 4.79 Å². The second-order valence-corrected chi connectivity index (χ2v) is 5.90. The number of carbonyl (C=O) groups excluding carboxylic acids is 2. The minimum Gasteiger partial charge on any atom is -0.336 e. The third-order valence-electron chi connectivity index (χ3n) is 3.80. The number of benzene rings is 1. The number of nitrogens with one attached hydrogen (secondary N) is 1. The first kappa shape index (κ1) is 16.3. The summed E-state index contributed by atoms with van der Waals surface area (Å²) in [6, 6.07) is 3.94. The van der Waals surface area contributed by atoms with E-state index in [2.05, 4.69) is 5.32 Å². The molecule has 0 saturated carbocycles. The number of amides is 3. The van der Waals surface area contributed by atoms with Gasteiger partial charge < -0.3 is 15.1 Å². The summed E-state index contributed by atoms with van der Waals surface area (Å²) in [6.07, 6.45) is 0. The molecule has 1 atom stereocenters. The van der Waals surface area contributed by atoms with Crippen molar-refractivity contribution in [1.82, 2.24) is 10.2 Å².